The molecule has 0 radical (unpaired) electrons. The number of hydrogen-bond donors (Lipinski definition) is 2. The second kappa shape index (κ2) is 17.7. The zero-order chi connectivity index (χ0) is 58.3. The molecule has 0 fully saturated rings. The molecule has 2 aromatic heterocycles. The summed E-state index contributed by atoms with van der Waals surface area (Å²) in [5, 5.41) is 24.6. The molecule has 0 saturated carbocycles. The highest BCUT2D eigenvalue weighted by molar-refractivity contribution is 6.42. The van der Waals surface area contributed by atoms with Gasteiger partial charge in [0, 0.05) is 39.4 Å². The van der Waals surface area contributed by atoms with Gasteiger partial charge in [-0.1, -0.05) is 12.1 Å². The van der Waals surface area contributed by atoms with Crippen molar-refractivity contribution in [2.24, 2.45) is 0 Å². The molecule has 0 saturated heterocycles. The summed E-state index contributed by atoms with van der Waals surface area (Å²) in [6.45, 7) is 30.5. The van der Waals surface area contributed by atoms with E-state index >= 15 is 19.2 Å². The number of Topliss-reactive ketones (excluding diaryl/α,β-unsaturated/α-hetero) is 2. The summed E-state index contributed by atoms with van der Waals surface area (Å²) in [5.74, 6) is -3.16. The first-order valence-corrected chi connectivity index (χ1v) is 27.3. The third-order valence-electron chi connectivity index (χ3n) is 19.5. The van der Waals surface area contributed by atoms with Crippen LogP contribution in [0.25, 0.3) is 44.5 Å². The first-order chi connectivity index (χ1) is 38.2. The standard InChI is InChI=1S/C69H60N4O8/c1-26-27(2)35(10)51-50(34(26)9)62(74)58(63(51)75)48-23-19-44-46(70-48)21-17-42(60(44)72-66(78)54-38(13)30(5)31(6)39(14)55(54)67(72)79)25-43-18-22-47-45(61(43)73-68(80)56-40(15)32(7)33(8)41(16)57(56)69(73)81)20-24-49(71-47)59-64(76)52-36(11)28(3)29(4)37(12)53(52)65(59)77/h17-24,74,76H,25H2,1-16H3. The summed E-state index contributed by atoms with van der Waals surface area (Å²) in [6, 6.07) is 13.7. The summed E-state index contributed by atoms with van der Waals surface area (Å²) in [4.78, 5) is 102. The molecule has 2 aliphatic carbocycles. The lowest BCUT2D eigenvalue weighted by molar-refractivity contribution is 0.0910. The Kier molecular flexibility index (Phi) is 11.5. The molecule has 8 aromatic rings. The Bertz CT molecular complexity index is 4200. The lowest BCUT2D eigenvalue weighted by Gasteiger charge is -2.24. The molecule has 81 heavy (non-hydrogen) atoms. The minimum Gasteiger partial charge on any atom is -0.506 e. The number of allylic oxidation sites excluding steroid dienone is 2. The number of imide groups is 2. The van der Waals surface area contributed by atoms with E-state index in [-0.39, 0.29) is 63.4 Å². The van der Waals surface area contributed by atoms with Crippen LogP contribution in [0.1, 0.15) is 185 Å². The molecule has 0 bridgehead atoms. The Morgan fingerprint density at radius 1 is 0.321 bits per heavy atom. The molecule has 12 heteroatoms. The fourth-order valence-corrected chi connectivity index (χ4v) is 13.5. The van der Waals surface area contributed by atoms with Gasteiger partial charge >= 0.3 is 0 Å². The van der Waals surface area contributed by atoms with E-state index in [2.05, 4.69) is 0 Å². The molecular formula is C69H60N4O8. The number of anilines is 2. The van der Waals surface area contributed by atoms with E-state index in [1.54, 1.807) is 48.5 Å². The van der Waals surface area contributed by atoms with Gasteiger partial charge in [-0.15, -0.1) is 0 Å². The number of aliphatic hydroxyl groups excluding tert-OH is 2. The van der Waals surface area contributed by atoms with Crippen LogP contribution in [0.2, 0.25) is 0 Å². The van der Waals surface area contributed by atoms with E-state index < -0.39 is 23.6 Å². The Morgan fingerprint density at radius 3 is 0.864 bits per heavy atom. The van der Waals surface area contributed by atoms with Crippen molar-refractivity contribution in [2.45, 2.75) is 117 Å². The number of carbonyl (C=O) groups is 6. The van der Waals surface area contributed by atoms with E-state index in [0.717, 1.165) is 66.8 Å². The third kappa shape index (κ3) is 6.76. The summed E-state index contributed by atoms with van der Waals surface area (Å²) in [6.07, 6.45) is -0.0408. The maximum absolute atomic E-state index is 15.3. The molecule has 404 valence electrons. The van der Waals surface area contributed by atoms with Crippen LogP contribution in [0.3, 0.4) is 0 Å². The van der Waals surface area contributed by atoms with E-state index in [9.17, 15) is 19.8 Å². The first-order valence-electron chi connectivity index (χ1n) is 27.3. The van der Waals surface area contributed by atoms with Crippen LogP contribution in [0.4, 0.5) is 11.4 Å². The SMILES string of the molecule is Cc1c(C)c(C)c2c(c1C)C(=O)C(c1ccc3c(N4C(=O)c5c(C)c(C)c(C)c(C)c5C4=O)c(Cc4ccc5nc(C6=C(O)c7c(C)c(C)c(C)c(C)c7C6=O)ccc5c4N4C(=O)c5c(C)c(C)c(C)c(C)c5C4=O)ccc3n1)=C2O. The van der Waals surface area contributed by atoms with Gasteiger partial charge in [-0.05, 0) is 247 Å². The quantitative estimate of drug-likeness (QED) is 0.152. The van der Waals surface area contributed by atoms with Crippen molar-refractivity contribution < 1.29 is 39.0 Å². The minimum absolute atomic E-state index is 0.0408. The fraction of sp³-hybridized carbons (Fsp3) is 0.246. The van der Waals surface area contributed by atoms with Crippen LogP contribution >= 0.6 is 0 Å². The molecule has 12 nitrogen and oxygen atoms in total. The number of benzene rings is 6. The van der Waals surface area contributed by atoms with Crippen molar-refractivity contribution in [2.75, 3.05) is 9.80 Å². The number of pyridine rings is 2. The number of nitrogens with zero attached hydrogens (tertiary/aromatic N) is 4. The van der Waals surface area contributed by atoms with Gasteiger partial charge in [0.05, 0.1) is 67.2 Å². The molecular weight excluding hydrogens is 1010 g/mol. The molecule has 0 atom stereocenters. The largest absolute Gasteiger partial charge is 0.506 e. The number of amides is 4. The van der Waals surface area contributed by atoms with Gasteiger partial charge in [0.15, 0.2) is 11.6 Å². The summed E-state index contributed by atoms with van der Waals surface area (Å²) >= 11 is 0. The topological polar surface area (TPSA) is 175 Å². The molecule has 2 N–H and O–H groups in total. The second-order valence-corrected chi connectivity index (χ2v) is 22.8. The van der Waals surface area contributed by atoms with Gasteiger partial charge in [-0.25, -0.2) is 19.8 Å². The van der Waals surface area contributed by atoms with Crippen molar-refractivity contribution in [3.8, 4) is 0 Å². The van der Waals surface area contributed by atoms with Crippen LogP contribution in [-0.2, 0) is 6.42 Å². The van der Waals surface area contributed by atoms with E-state index in [4.69, 9.17) is 9.97 Å². The minimum atomic E-state index is -0.528. The van der Waals surface area contributed by atoms with Gasteiger partial charge < -0.3 is 10.2 Å². The smallest absolute Gasteiger partial charge is 0.266 e. The van der Waals surface area contributed by atoms with Crippen LogP contribution in [-0.4, -0.2) is 55.4 Å². The number of ketones is 2. The number of rotatable bonds is 6. The number of aliphatic hydroxyl groups is 2. The van der Waals surface area contributed by atoms with Crippen LogP contribution in [0, 0.1) is 111 Å². The van der Waals surface area contributed by atoms with Gasteiger partial charge in [-0.3, -0.25) is 28.8 Å². The van der Waals surface area contributed by atoms with E-state index in [1.807, 2.05) is 111 Å². The van der Waals surface area contributed by atoms with Gasteiger partial charge in [0.25, 0.3) is 23.6 Å². The second-order valence-electron chi connectivity index (χ2n) is 22.8. The zero-order valence-electron chi connectivity index (χ0n) is 48.5. The number of fused-ring (bicyclic) bond motifs is 6. The Balaban J connectivity index is 1.08. The molecule has 0 spiro atoms. The molecule has 4 amide bonds. The number of carbonyl (C=O) groups excluding carboxylic acids is 6. The van der Waals surface area contributed by atoms with Crippen molar-refractivity contribution in [3.63, 3.8) is 0 Å². The van der Waals surface area contributed by atoms with Crippen molar-refractivity contribution in [3.05, 3.63) is 205 Å². The fourth-order valence-electron chi connectivity index (χ4n) is 13.5. The Labute approximate surface area is 469 Å². The van der Waals surface area contributed by atoms with Crippen molar-refractivity contribution >= 4 is 91.0 Å². The van der Waals surface area contributed by atoms with Crippen molar-refractivity contribution in [1.82, 2.24) is 9.97 Å². The zero-order valence-corrected chi connectivity index (χ0v) is 48.5. The monoisotopic (exact) mass is 1070 g/mol. The Morgan fingerprint density at radius 2 is 0.580 bits per heavy atom. The third-order valence-corrected chi connectivity index (χ3v) is 19.5. The van der Waals surface area contributed by atoms with Gasteiger partial charge in [0.2, 0.25) is 0 Å². The van der Waals surface area contributed by atoms with Gasteiger partial charge in [-0.2, -0.15) is 0 Å². The average molecular weight is 1070 g/mol. The lowest BCUT2D eigenvalue weighted by Crippen LogP contribution is -2.32. The molecule has 2 aliphatic heterocycles. The molecule has 4 aliphatic rings. The number of hydrogen-bond acceptors (Lipinski definition) is 10. The first kappa shape index (κ1) is 52.5. The van der Waals surface area contributed by atoms with Gasteiger partial charge in [0.1, 0.15) is 11.5 Å². The summed E-state index contributed by atoms with van der Waals surface area (Å²) < 4.78 is 0. The van der Waals surface area contributed by atoms with E-state index in [0.29, 0.717) is 99.7 Å². The number of aromatic nitrogens is 2. The van der Waals surface area contributed by atoms with Crippen molar-refractivity contribution in [1.29, 1.82) is 0 Å². The molecule has 0 unspecified atom stereocenters. The summed E-state index contributed by atoms with van der Waals surface area (Å²) in [5.41, 5.74) is 18.9. The predicted molar refractivity (Wildman–Crippen MR) is 318 cm³/mol. The van der Waals surface area contributed by atoms with E-state index in [1.165, 1.54) is 9.80 Å². The average Bonchev–Trinajstić information content (AvgIpc) is 4.22. The predicted octanol–water partition coefficient (Wildman–Crippen LogP) is 14.2. The molecule has 4 heterocycles. The Hall–Kier alpha value is -9.16. The van der Waals surface area contributed by atoms with Crippen LogP contribution < -0.4 is 9.80 Å². The normalized spacial score (nSPS) is 14.8. The molecule has 6 aromatic carbocycles. The summed E-state index contributed by atoms with van der Waals surface area (Å²) in [7, 11) is 0. The molecule has 12 rings (SSSR count). The highest BCUT2D eigenvalue weighted by Crippen LogP contribution is 2.48. The maximum Gasteiger partial charge on any atom is 0.266 e. The van der Waals surface area contributed by atoms with Crippen LogP contribution in [0.15, 0.2) is 48.5 Å². The highest BCUT2D eigenvalue weighted by Gasteiger charge is 2.45. The maximum atomic E-state index is 15.3. The highest BCUT2D eigenvalue weighted by atomic mass is 16.3. The lowest BCUT2D eigenvalue weighted by atomic mass is 9.89. The van der Waals surface area contributed by atoms with Crippen LogP contribution in [0.5, 0.6) is 0 Å².